The number of carbonyl (C=O) groups is 2. The summed E-state index contributed by atoms with van der Waals surface area (Å²) in [5, 5.41) is 4.71. The van der Waals surface area contributed by atoms with Crippen LogP contribution in [0.5, 0.6) is 0 Å². The Kier molecular flexibility index (Phi) is 2.44. The molecule has 1 heterocycles. The monoisotopic (exact) mass is 217 g/mol. The van der Waals surface area contributed by atoms with Crippen LogP contribution in [-0.2, 0) is 0 Å². The van der Waals surface area contributed by atoms with E-state index < -0.39 is 0 Å². The van der Waals surface area contributed by atoms with E-state index in [4.69, 9.17) is 0 Å². The Labute approximate surface area is 93.0 Å². The fourth-order valence-electron chi connectivity index (χ4n) is 1.44. The highest BCUT2D eigenvalue weighted by atomic mass is 16.2. The zero-order chi connectivity index (χ0) is 11.7. The van der Waals surface area contributed by atoms with E-state index >= 15 is 0 Å². The van der Waals surface area contributed by atoms with E-state index in [1.165, 1.54) is 6.34 Å². The molecule has 5 heteroatoms. The maximum atomic E-state index is 11.8. The molecule has 0 unspecified atom stereocenters. The van der Waals surface area contributed by atoms with Gasteiger partial charge in [0.25, 0.3) is 11.8 Å². The van der Waals surface area contributed by atoms with Gasteiger partial charge in [-0.2, -0.15) is 10.1 Å². The normalized spacial score (nSPS) is 14.8. The lowest BCUT2D eigenvalue weighted by molar-refractivity contribution is 0.0658. The molecule has 5 nitrogen and oxygen atoms in total. The summed E-state index contributed by atoms with van der Waals surface area (Å²) in [4.78, 5) is 25.2. The van der Waals surface area contributed by atoms with Crippen LogP contribution in [0.3, 0.4) is 0 Å². The van der Waals surface area contributed by atoms with Crippen LogP contribution in [0.4, 0.5) is 0 Å². The van der Waals surface area contributed by atoms with Crippen molar-refractivity contribution in [3.8, 4) is 0 Å². The first-order chi connectivity index (χ1) is 7.61. The summed E-state index contributed by atoms with van der Waals surface area (Å²) >= 11 is 0. The van der Waals surface area contributed by atoms with E-state index in [9.17, 15) is 9.59 Å². The number of hydrogen-bond acceptors (Lipinski definition) is 3. The Hall–Kier alpha value is -2.17. The van der Waals surface area contributed by atoms with Crippen LogP contribution in [0.15, 0.2) is 29.4 Å². The second-order valence-electron chi connectivity index (χ2n) is 3.66. The molecule has 0 N–H and O–H groups in total. The number of fused-ring (bicyclic) bond motifs is 1. The van der Waals surface area contributed by atoms with Crippen LogP contribution < -0.4 is 0 Å². The van der Waals surface area contributed by atoms with Crippen molar-refractivity contribution < 1.29 is 9.59 Å². The Balaban J connectivity index is 2.35. The minimum Gasteiger partial charge on any atom is -0.367 e. The molecule has 82 valence electrons. The summed E-state index contributed by atoms with van der Waals surface area (Å²) in [6.07, 6.45) is 1.42. The fraction of sp³-hybridized carbons (Fsp3) is 0.182. The molecule has 1 aromatic carbocycles. The van der Waals surface area contributed by atoms with Gasteiger partial charge in [-0.05, 0) is 12.1 Å². The van der Waals surface area contributed by atoms with E-state index in [2.05, 4.69) is 5.10 Å². The van der Waals surface area contributed by atoms with Crippen molar-refractivity contribution in [1.29, 1.82) is 0 Å². The van der Waals surface area contributed by atoms with Crippen LogP contribution in [-0.4, -0.2) is 42.2 Å². The maximum Gasteiger partial charge on any atom is 0.282 e. The molecule has 0 bridgehead atoms. The molecule has 2 rings (SSSR count). The maximum absolute atomic E-state index is 11.8. The summed E-state index contributed by atoms with van der Waals surface area (Å²) in [7, 11) is 3.53. The Bertz CT molecular complexity index is 445. The standard InChI is InChI=1S/C11H11N3O2/c1-13(2)7-12-14-10(15)8-5-3-4-6-9(8)11(14)16/h3-7H,1-2H3. The van der Waals surface area contributed by atoms with Crippen molar-refractivity contribution in [2.75, 3.05) is 14.1 Å². The first-order valence-corrected chi connectivity index (χ1v) is 4.79. The number of hydrogen-bond donors (Lipinski definition) is 0. The van der Waals surface area contributed by atoms with Gasteiger partial charge in [0.1, 0.15) is 6.34 Å². The highest BCUT2D eigenvalue weighted by Gasteiger charge is 2.35. The highest BCUT2D eigenvalue weighted by Crippen LogP contribution is 2.22. The molecular weight excluding hydrogens is 206 g/mol. The van der Waals surface area contributed by atoms with Gasteiger partial charge in [0, 0.05) is 14.1 Å². The smallest absolute Gasteiger partial charge is 0.282 e. The number of carbonyl (C=O) groups excluding carboxylic acids is 2. The fourth-order valence-corrected chi connectivity index (χ4v) is 1.44. The van der Waals surface area contributed by atoms with Crippen molar-refractivity contribution >= 4 is 18.2 Å². The molecule has 1 aliphatic heterocycles. The quantitative estimate of drug-likeness (QED) is 0.418. The number of nitrogens with zero attached hydrogens (tertiary/aromatic N) is 3. The number of rotatable bonds is 2. The summed E-state index contributed by atoms with van der Waals surface area (Å²) < 4.78 is 0. The minimum absolute atomic E-state index is 0.376. The van der Waals surface area contributed by atoms with Crippen molar-refractivity contribution in [2.24, 2.45) is 5.10 Å². The van der Waals surface area contributed by atoms with Gasteiger partial charge in [0.15, 0.2) is 0 Å². The predicted octanol–water partition coefficient (Wildman–Crippen LogP) is 0.788. The molecule has 0 radical (unpaired) electrons. The lowest BCUT2D eigenvalue weighted by atomic mass is 10.1. The largest absolute Gasteiger partial charge is 0.367 e. The zero-order valence-electron chi connectivity index (χ0n) is 9.04. The molecular formula is C11H11N3O2. The molecule has 0 aliphatic carbocycles. The predicted molar refractivity (Wildman–Crippen MR) is 59.1 cm³/mol. The number of amides is 2. The van der Waals surface area contributed by atoms with Crippen molar-refractivity contribution in [2.45, 2.75) is 0 Å². The molecule has 0 fully saturated rings. The minimum atomic E-state index is -0.376. The Morgan fingerprint density at radius 1 is 1.12 bits per heavy atom. The second kappa shape index (κ2) is 3.77. The number of benzene rings is 1. The highest BCUT2D eigenvalue weighted by molar-refractivity contribution is 6.21. The van der Waals surface area contributed by atoms with Crippen molar-refractivity contribution in [3.05, 3.63) is 35.4 Å². The van der Waals surface area contributed by atoms with Crippen LogP contribution >= 0.6 is 0 Å². The Morgan fingerprint density at radius 3 is 2.06 bits per heavy atom. The molecule has 2 amide bonds. The van der Waals surface area contributed by atoms with Crippen LogP contribution in [0.25, 0.3) is 0 Å². The lowest BCUT2D eigenvalue weighted by Gasteiger charge is -2.08. The van der Waals surface area contributed by atoms with Gasteiger partial charge in [-0.3, -0.25) is 9.59 Å². The molecule has 0 atom stereocenters. The van der Waals surface area contributed by atoms with E-state index in [0.29, 0.717) is 11.1 Å². The second-order valence-corrected chi connectivity index (χ2v) is 3.66. The van der Waals surface area contributed by atoms with E-state index in [-0.39, 0.29) is 11.8 Å². The third kappa shape index (κ3) is 1.56. The van der Waals surface area contributed by atoms with E-state index in [0.717, 1.165) is 5.01 Å². The zero-order valence-corrected chi connectivity index (χ0v) is 9.04. The van der Waals surface area contributed by atoms with Gasteiger partial charge < -0.3 is 4.90 Å². The lowest BCUT2D eigenvalue weighted by Crippen LogP contribution is -2.25. The van der Waals surface area contributed by atoms with Gasteiger partial charge in [0.05, 0.1) is 11.1 Å². The van der Waals surface area contributed by atoms with Crippen molar-refractivity contribution in [1.82, 2.24) is 9.91 Å². The van der Waals surface area contributed by atoms with Crippen LogP contribution in [0, 0.1) is 0 Å². The van der Waals surface area contributed by atoms with Gasteiger partial charge in [-0.1, -0.05) is 12.1 Å². The van der Waals surface area contributed by atoms with E-state index in [1.807, 2.05) is 0 Å². The SMILES string of the molecule is CN(C)C=NN1C(=O)c2ccccc2C1=O. The third-order valence-corrected chi connectivity index (χ3v) is 2.17. The topological polar surface area (TPSA) is 53.0 Å². The Morgan fingerprint density at radius 2 is 1.62 bits per heavy atom. The van der Waals surface area contributed by atoms with Gasteiger partial charge in [0.2, 0.25) is 0 Å². The molecule has 1 aromatic rings. The molecule has 16 heavy (non-hydrogen) atoms. The summed E-state index contributed by atoms with van der Waals surface area (Å²) in [6, 6.07) is 6.70. The van der Waals surface area contributed by atoms with Gasteiger partial charge >= 0.3 is 0 Å². The average Bonchev–Trinajstić information content (AvgIpc) is 2.50. The van der Waals surface area contributed by atoms with E-state index in [1.54, 1.807) is 43.3 Å². The first-order valence-electron chi connectivity index (χ1n) is 4.79. The molecule has 0 spiro atoms. The summed E-state index contributed by atoms with van der Waals surface area (Å²) in [5.41, 5.74) is 0.812. The van der Waals surface area contributed by atoms with Crippen LogP contribution in [0.2, 0.25) is 0 Å². The summed E-state index contributed by atoms with van der Waals surface area (Å²) in [6.45, 7) is 0. The first kappa shape index (κ1) is 10.4. The van der Waals surface area contributed by atoms with Gasteiger partial charge in [-0.15, -0.1) is 0 Å². The molecule has 0 aromatic heterocycles. The number of imide groups is 1. The molecule has 0 saturated heterocycles. The summed E-state index contributed by atoms with van der Waals surface area (Å²) in [5.74, 6) is -0.752. The van der Waals surface area contributed by atoms with Gasteiger partial charge in [-0.25, -0.2) is 0 Å². The third-order valence-electron chi connectivity index (χ3n) is 2.17. The average molecular weight is 217 g/mol. The van der Waals surface area contributed by atoms with Crippen LogP contribution in [0.1, 0.15) is 20.7 Å². The van der Waals surface area contributed by atoms with Crippen molar-refractivity contribution in [3.63, 3.8) is 0 Å². The molecule has 0 saturated carbocycles. The molecule has 1 aliphatic rings. The number of hydrazone groups is 1.